The number of nitrogens with one attached hydrogen (secondary N) is 2. The van der Waals surface area contributed by atoms with Crippen molar-refractivity contribution < 1.29 is 41.9 Å². The Morgan fingerprint density at radius 3 is 2.19 bits per heavy atom. The monoisotopic (exact) mass is 391 g/mol. The number of carbonyl (C=O) groups is 5. The van der Waals surface area contributed by atoms with Crippen LogP contribution in [-0.4, -0.2) is 60.5 Å². The average molecular weight is 391 g/mol. The van der Waals surface area contributed by atoms with Gasteiger partial charge in [0.05, 0.1) is 11.8 Å². The Labute approximate surface area is 150 Å². The molecule has 12 heteroatoms. The zero-order valence-corrected chi connectivity index (χ0v) is 13.9. The van der Waals surface area contributed by atoms with Gasteiger partial charge in [-0.2, -0.15) is 13.2 Å². The van der Waals surface area contributed by atoms with E-state index in [2.05, 4.69) is 4.74 Å². The van der Waals surface area contributed by atoms with Gasteiger partial charge in [-0.3, -0.25) is 29.4 Å². The molecule has 0 aromatic heterocycles. The maximum Gasteiger partial charge on any atom is 0.405 e. The number of ether oxygens (including phenoxy) is 1. The number of fused-ring (bicyclic) bond motifs is 1. The van der Waals surface area contributed by atoms with Gasteiger partial charge in [-0.1, -0.05) is 12.2 Å². The molecule has 1 aliphatic heterocycles. The van der Waals surface area contributed by atoms with Crippen molar-refractivity contribution in [2.45, 2.75) is 19.0 Å². The first-order valence-electron chi connectivity index (χ1n) is 7.89. The lowest BCUT2D eigenvalue weighted by molar-refractivity contribution is -0.154. The Kier molecular flexibility index (Phi) is 6.18. The Hall–Kier alpha value is -2.92. The molecule has 2 atom stereocenters. The predicted molar refractivity (Wildman–Crippen MR) is 80.6 cm³/mol. The molecule has 27 heavy (non-hydrogen) atoms. The molecule has 9 nitrogen and oxygen atoms in total. The summed E-state index contributed by atoms with van der Waals surface area (Å²) in [6.07, 6.45) is -0.286. The fourth-order valence-corrected chi connectivity index (χ4v) is 2.73. The highest BCUT2D eigenvalue weighted by atomic mass is 19.4. The molecule has 2 aliphatic rings. The Morgan fingerprint density at radius 1 is 1.11 bits per heavy atom. The molecule has 0 spiro atoms. The summed E-state index contributed by atoms with van der Waals surface area (Å²) in [4.78, 5) is 59.2. The molecule has 5 amide bonds. The summed E-state index contributed by atoms with van der Waals surface area (Å²) in [6.45, 7) is -3.27. The van der Waals surface area contributed by atoms with Crippen LogP contribution in [0.1, 0.15) is 12.8 Å². The number of carbonyl (C=O) groups excluding carboxylic acids is 5. The minimum atomic E-state index is -4.64. The summed E-state index contributed by atoms with van der Waals surface area (Å²) >= 11 is 0. The Morgan fingerprint density at radius 2 is 1.67 bits per heavy atom. The van der Waals surface area contributed by atoms with Crippen LogP contribution < -0.4 is 10.6 Å². The SMILES string of the molecule is O=C(COC(=O)CN1C(=O)[C@@H]2CC=CC[C@H]2C1=O)NC(=O)NCC(F)(F)F. The third-order valence-corrected chi connectivity index (χ3v) is 3.95. The molecule has 2 N–H and O–H groups in total. The summed E-state index contributed by atoms with van der Waals surface area (Å²) in [5.41, 5.74) is 0. The molecular weight excluding hydrogens is 375 g/mol. The number of urea groups is 1. The number of hydrogen-bond donors (Lipinski definition) is 2. The maximum atomic E-state index is 12.2. The van der Waals surface area contributed by atoms with Gasteiger partial charge in [-0.15, -0.1) is 0 Å². The largest absolute Gasteiger partial charge is 0.454 e. The number of hydrogen-bond acceptors (Lipinski definition) is 6. The van der Waals surface area contributed by atoms with Crippen LogP contribution in [0.3, 0.4) is 0 Å². The fourth-order valence-electron chi connectivity index (χ4n) is 2.73. The van der Waals surface area contributed by atoms with Crippen LogP contribution in [0.4, 0.5) is 18.0 Å². The summed E-state index contributed by atoms with van der Waals surface area (Å²) < 4.78 is 40.3. The number of likely N-dealkylation sites (tertiary alicyclic amines) is 1. The first kappa shape index (κ1) is 20.4. The maximum absolute atomic E-state index is 12.2. The molecule has 2 rings (SSSR count). The van der Waals surface area contributed by atoms with Crippen LogP contribution in [0.2, 0.25) is 0 Å². The first-order chi connectivity index (χ1) is 12.6. The van der Waals surface area contributed by atoms with Crippen LogP contribution in [0.5, 0.6) is 0 Å². The van der Waals surface area contributed by atoms with Gasteiger partial charge in [0.1, 0.15) is 13.1 Å². The molecule has 1 heterocycles. The van der Waals surface area contributed by atoms with Crippen molar-refractivity contribution in [3.05, 3.63) is 12.2 Å². The lowest BCUT2D eigenvalue weighted by Crippen LogP contribution is -2.45. The third kappa shape index (κ3) is 5.53. The van der Waals surface area contributed by atoms with Gasteiger partial charge in [-0.25, -0.2) is 4.79 Å². The van der Waals surface area contributed by atoms with E-state index < -0.39 is 67.4 Å². The highest BCUT2D eigenvalue weighted by Crippen LogP contribution is 2.34. The first-order valence-corrected chi connectivity index (χ1v) is 7.89. The zero-order chi connectivity index (χ0) is 20.2. The van der Waals surface area contributed by atoms with E-state index in [0.717, 1.165) is 4.90 Å². The lowest BCUT2D eigenvalue weighted by Gasteiger charge is -2.14. The summed E-state index contributed by atoms with van der Waals surface area (Å²) in [5.74, 6) is -4.26. The number of amides is 5. The molecule has 0 radical (unpaired) electrons. The van der Waals surface area contributed by atoms with Crippen LogP contribution in [0, 0.1) is 11.8 Å². The summed E-state index contributed by atoms with van der Waals surface area (Å²) in [7, 11) is 0. The average Bonchev–Trinajstić information content (AvgIpc) is 2.83. The topological polar surface area (TPSA) is 122 Å². The van der Waals surface area contributed by atoms with E-state index in [-0.39, 0.29) is 0 Å². The highest BCUT2D eigenvalue weighted by molar-refractivity contribution is 6.07. The molecule has 0 unspecified atom stereocenters. The standard InChI is InChI=1S/C15H16F3N3O6/c16-15(17,18)7-19-14(26)20-10(22)6-27-11(23)5-21-12(24)8-3-1-2-4-9(8)13(21)25/h1-2,8-9H,3-7H2,(H2,19,20,22,26)/t8-,9-/m1/s1. The van der Waals surface area contributed by atoms with E-state index in [0.29, 0.717) is 12.8 Å². The van der Waals surface area contributed by atoms with E-state index in [9.17, 15) is 37.1 Å². The van der Waals surface area contributed by atoms with Gasteiger partial charge in [0, 0.05) is 0 Å². The van der Waals surface area contributed by atoms with Gasteiger partial charge in [0.2, 0.25) is 11.8 Å². The minimum Gasteiger partial charge on any atom is -0.454 e. The molecule has 0 bridgehead atoms. The molecule has 148 valence electrons. The Balaban J connectivity index is 1.74. The number of rotatable bonds is 5. The third-order valence-electron chi connectivity index (χ3n) is 3.95. The number of imide groups is 2. The van der Waals surface area contributed by atoms with Crippen LogP contribution in [0.15, 0.2) is 12.2 Å². The van der Waals surface area contributed by atoms with Crippen molar-refractivity contribution >= 4 is 29.7 Å². The van der Waals surface area contributed by atoms with Crippen molar-refractivity contribution in [1.82, 2.24) is 15.5 Å². The number of esters is 1. The smallest absolute Gasteiger partial charge is 0.405 e. The van der Waals surface area contributed by atoms with Gasteiger partial charge in [-0.05, 0) is 12.8 Å². The zero-order valence-electron chi connectivity index (χ0n) is 13.9. The van der Waals surface area contributed by atoms with Crippen LogP contribution >= 0.6 is 0 Å². The lowest BCUT2D eigenvalue weighted by atomic mass is 9.85. The van der Waals surface area contributed by atoms with Gasteiger partial charge in [0.25, 0.3) is 5.91 Å². The predicted octanol–water partition coefficient (Wildman–Crippen LogP) is -0.131. The minimum absolute atomic E-state index is 0.399. The normalized spacial score (nSPS) is 21.7. The van der Waals surface area contributed by atoms with Gasteiger partial charge < -0.3 is 10.1 Å². The second kappa shape index (κ2) is 8.18. The van der Waals surface area contributed by atoms with Gasteiger partial charge >= 0.3 is 18.2 Å². The highest BCUT2D eigenvalue weighted by Gasteiger charge is 2.47. The number of allylic oxidation sites excluding steroid dienone is 2. The molecule has 1 fully saturated rings. The van der Waals surface area contributed by atoms with Crippen LogP contribution in [0.25, 0.3) is 0 Å². The Bertz CT molecular complexity index is 665. The summed E-state index contributed by atoms with van der Waals surface area (Å²) in [5, 5.41) is 2.94. The quantitative estimate of drug-likeness (QED) is 0.383. The van der Waals surface area contributed by atoms with E-state index in [1.165, 1.54) is 10.6 Å². The number of alkyl halides is 3. The molecule has 1 aliphatic carbocycles. The van der Waals surface area contributed by atoms with Crippen molar-refractivity contribution in [1.29, 1.82) is 0 Å². The molecular formula is C15H16F3N3O6. The number of nitrogens with zero attached hydrogens (tertiary/aromatic N) is 1. The second-order valence-electron chi connectivity index (χ2n) is 5.93. The van der Waals surface area contributed by atoms with Gasteiger partial charge in [0.15, 0.2) is 6.61 Å². The molecule has 1 saturated heterocycles. The van der Waals surface area contributed by atoms with Crippen molar-refractivity contribution in [2.75, 3.05) is 19.7 Å². The molecule has 0 aromatic rings. The number of halogens is 3. The molecule has 0 saturated carbocycles. The summed E-state index contributed by atoms with van der Waals surface area (Å²) in [6, 6.07) is -1.41. The van der Waals surface area contributed by atoms with E-state index >= 15 is 0 Å². The van der Waals surface area contributed by atoms with E-state index in [1.54, 1.807) is 12.2 Å². The van der Waals surface area contributed by atoms with Crippen molar-refractivity contribution in [2.24, 2.45) is 11.8 Å². The fraction of sp³-hybridized carbons (Fsp3) is 0.533. The van der Waals surface area contributed by atoms with Crippen molar-refractivity contribution in [3.8, 4) is 0 Å². The van der Waals surface area contributed by atoms with Crippen molar-refractivity contribution in [3.63, 3.8) is 0 Å². The van der Waals surface area contributed by atoms with Crippen LogP contribution in [-0.2, 0) is 23.9 Å². The second-order valence-corrected chi connectivity index (χ2v) is 5.93. The molecule has 0 aromatic carbocycles. The van der Waals surface area contributed by atoms with E-state index in [4.69, 9.17) is 0 Å². The van der Waals surface area contributed by atoms with E-state index in [1.807, 2.05) is 0 Å².